The largest absolute Gasteiger partial charge is 0.357 e. The Labute approximate surface area is 124 Å². The van der Waals surface area contributed by atoms with Crippen LogP contribution in [0.2, 0.25) is 0 Å². The number of ether oxygens (including phenoxy) is 1. The molecule has 0 N–H and O–H groups in total. The van der Waals surface area contributed by atoms with Gasteiger partial charge < -0.3 is 9.30 Å². The lowest BCUT2D eigenvalue weighted by Gasteiger charge is -2.04. The monoisotopic (exact) mass is 280 g/mol. The van der Waals surface area contributed by atoms with E-state index in [1.165, 1.54) is 0 Å². The van der Waals surface area contributed by atoms with Gasteiger partial charge in [-0.25, -0.2) is 4.98 Å². The van der Waals surface area contributed by atoms with Crippen molar-refractivity contribution in [2.24, 2.45) is 0 Å². The zero-order valence-electron chi connectivity index (χ0n) is 11.9. The van der Waals surface area contributed by atoms with E-state index in [0.29, 0.717) is 25.3 Å². The fourth-order valence-electron chi connectivity index (χ4n) is 2.08. The number of rotatable bonds is 6. The fourth-order valence-corrected chi connectivity index (χ4v) is 2.08. The van der Waals surface area contributed by atoms with Crippen LogP contribution in [-0.2, 0) is 11.3 Å². The van der Waals surface area contributed by atoms with Gasteiger partial charge in [-0.1, -0.05) is 30.3 Å². The third-order valence-electron chi connectivity index (χ3n) is 3.01. The van der Waals surface area contributed by atoms with Crippen molar-refractivity contribution < 1.29 is 4.74 Å². The molecular weight excluding hydrogens is 264 g/mol. The molecule has 0 amide bonds. The van der Waals surface area contributed by atoms with Crippen molar-refractivity contribution in [3.63, 3.8) is 0 Å². The minimum atomic E-state index is -0.680. The van der Waals surface area contributed by atoms with E-state index in [4.69, 9.17) is 10.00 Å². The first-order valence-electron chi connectivity index (χ1n) is 6.80. The second kappa shape index (κ2) is 7.23. The summed E-state index contributed by atoms with van der Waals surface area (Å²) < 4.78 is 7.28. The van der Waals surface area contributed by atoms with E-state index in [1.54, 1.807) is 6.20 Å². The highest BCUT2D eigenvalue weighted by Gasteiger charge is 2.17. The molecule has 106 valence electrons. The predicted octanol–water partition coefficient (Wildman–Crippen LogP) is 3.06. The Morgan fingerprint density at radius 1 is 1.29 bits per heavy atom. The van der Waals surface area contributed by atoms with E-state index >= 15 is 0 Å². The standard InChI is InChI=1S/C16H16N4O/c1-2-21-15(11-18)14-12-20(10-6-9-17)16(19-14)13-7-4-3-5-8-13/h3-5,7-8,12,15H,2,6,10H2,1H3. The van der Waals surface area contributed by atoms with E-state index in [2.05, 4.69) is 17.1 Å². The molecule has 5 heteroatoms. The Hall–Kier alpha value is -2.63. The normalized spacial score (nSPS) is 11.6. The maximum absolute atomic E-state index is 9.18. The van der Waals surface area contributed by atoms with Gasteiger partial charge in [-0.05, 0) is 6.92 Å². The van der Waals surface area contributed by atoms with Crippen LogP contribution in [0, 0.1) is 22.7 Å². The van der Waals surface area contributed by atoms with Crippen molar-refractivity contribution in [2.75, 3.05) is 6.61 Å². The Morgan fingerprint density at radius 2 is 2.05 bits per heavy atom. The van der Waals surface area contributed by atoms with Crippen LogP contribution in [0.1, 0.15) is 25.1 Å². The minimum Gasteiger partial charge on any atom is -0.357 e. The number of hydrogen-bond donors (Lipinski definition) is 0. The highest BCUT2D eigenvalue weighted by Crippen LogP contribution is 2.23. The maximum Gasteiger partial charge on any atom is 0.187 e. The number of aromatic nitrogens is 2. The van der Waals surface area contributed by atoms with E-state index in [-0.39, 0.29) is 0 Å². The first-order valence-corrected chi connectivity index (χ1v) is 6.80. The van der Waals surface area contributed by atoms with Gasteiger partial charge >= 0.3 is 0 Å². The summed E-state index contributed by atoms with van der Waals surface area (Å²) in [6.45, 7) is 2.83. The Kier molecular flexibility index (Phi) is 5.09. The van der Waals surface area contributed by atoms with E-state index in [1.807, 2.05) is 41.8 Å². The molecule has 0 aliphatic heterocycles. The lowest BCUT2D eigenvalue weighted by Crippen LogP contribution is -2.01. The third kappa shape index (κ3) is 3.47. The molecule has 21 heavy (non-hydrogen) atoms. The molecule has 1 heterocycles. The van der Waals surface area contributed by atoms with Crippen LogP contribution in [0.3, 0.4) is 0 Å². The molecule has 0 fully saturated rings. The summed E-state index contributed by atoms with van der Waals surface area (Å²) >= 11 is 0. The Bertz CT molecular complexity index is 664. The SMILES string of the molecule is CCOC(C#N)c1cn(CCC#N)c(-c2ccccc2)n1. The molecule has 0 aliphatic rings. The van der Waals surface area contributed by atoms with Crippen LogP contribution >= 0.6 is 0 Å². The number of benzene rings is 1. The average Bonchev–Trinajstić information content (AvgIpc) is 2.95. The van der Waals surface area contributed by atoms with Crippen LogP contribution in [0.5, 0.6) is 0 Å². The molecule has 1 aromatic heterocycles. The number of hydrogen-bond acceptors (Lipinski definition) is 4. The summed E-state index contributed by atoms with van der Waals surface area (Å²) in [6, 6.07) is 13.9. The number of aryl methyl sites for hydroxylation is 1. The van der Waals surface area contributed by atoms with Crippen LogP contribution in [0.25, 0.3) is 11.4 Å². The molecule has 2 rings (SSSR count). The van der Waals surface area contributed by atoms with Crippen LogP contribution in [-0.4, -0.2) is 16.2 Å². The highest BCUT2D eigenvalue weighted by molar-refractivity contribution is 5.56. The molecular formula is C16H16N4O. The Morgan fingerprint density at radius 3 is 2.67 bits per heavy atom. The Balaban J connectivity index is 2.41. The average molecular weight is 280 g/mol. The molecule has 2 aromatic rings. The van der Waals surface area contributed by atoms with Gasteiger partial charge in [0.2, 0.25) is 0 Å². The van der Waals surface area contributed by atoms with Gasteiger partial charge in [0.25, 0.3) is 0 Å². The number of imidazole rings is 1. The van der Waals surface area contributed by atoms with E-state index in [0.717, 1.165) is 11.4 Å². The first-order chi connectivity index (χ1) is 10.3. The van der Waals surface area contributed by atoms with Crippen molar-refractivity contribution >= 4 is 0 Å². The second-order valence-corrected chi connectivity index (χ2v) is 4.42. The van der Waals surface area contributed by atoms with E-state index < -0.39 is 6.10 Å². The van der Waals surface area contributed by atoms with Gasteiger partial charge in [-0.3, -0.25) is 0 Å². The van der Waals surface area contributed by atoms with Gasteiger partial charge in [-0.15, -0.1) is 0 Å². The van der Waals surface area contributed by atoms with Gasteiger partial charge in [0.05, 0.1) is 12.5 Å². The molecule has 0 bridgehead atoms. The van der Waals surface area contributed by atoms with Gasteiger partial charge in [-0.2, -0.15) is 10.5 Å². The molecule has 0 aliphatic carbocycles. The molecule has 0 spiro atoms. The maximum atomic E-state index is 9.18. The van der Waals surface area contributed by atoms with Crippen LogP contribution in [0.4, 0.5) is 0 Å². The summed E-state index contributed by atoms with van der Waals surface area (Å²) in [4.78, 5) is 4.53. The van der Waals surface area contributed by atoms with Gasteiger partial charge in [0.1, 0.15) is 17.6 Å². The zero-order chi connectivity index (χ0) is 15.1. The predicted molar refractivity (Wildman–Crippen MR) is 77.9 cm³/mol. The van der Waals surface area contributed by atoms with Crippen molar-refractivity contribution in [3.05, 3.63) is 42.2 Å². The third-order valence-corrected chi connectivity index (χ3v) is 3.01. The van der Waals surface area contributed by atoms with Crippen molar-refractivity contribution in [2.45, 2.75) is 26.0 Å². The van der Waals surface area contributed by atoms with Crippen molar-refractivity contribution in [1.82, 2.24) is 9.55 Å². The molecule has 1 aromatic carbocycles. The molecule has 1 unspecified atom stereocenters. The molecule has 0 saturated heterocycles. The number of nitrogens with zero attached hydrogens (tertiary/aromatic N) is 4. The lowest BCUT2D eigenvalue weighted by atomic mass is 10.2. The number of nitriles is 2. The van der Waals surface area contributed by atoms with Gasteiger partial charge in [0.15, 0.2) is 6.10 Å². The quantitative estimate of drug-likeness (QED) is 0.815. The van der Waals surface area contributed by atoms with Crippen LogP contribution in [0.15, 0.2) is 36.5 Å². The summed E-state index contributed by atoms with van der Waals surface area (Å²) in [6.07, 6.45) is 1.51. The van der Waals surface area contributed by atoms with Gasteiger partial charge in [0, 0.05) is 24.9 Å². The summed E-state index contributed by atoms with van der Waals surface area (Å²) in [7, 11) is 0. The first kappa shape index (κ1) is 14.8. The minimum absolute atomic E-state index is 0.390. The summed E-state index contributed by atoms with van der Waals surface area (Å²) in [5.74, 6) is 0.751. The summed E-state index contributed by atoms with van der Waals surface area (Å²) in [5.41, 5.74) is 1.53. The van der Waals surface area contributed by atoms with Crippen molar-refractivity contribution in [1.29, 1.82) is 10.5 Å². The fraction of sp³-hybridized carbons (Fsp3) is 0.312. The van der Waals surface area contributed by atoms with Crippen molar-refractivity contribution in [3.8, 4) is 23.5 Å². The lowest BCUT2D eigenvalue weighted by molar-refractivity contribution is 0.0993. The molecule has 0 saturated carbocycles. The molecule has 0 radical (unpaired) electrons. The van der Waals surface area contributed by atoms with E-state index in [9.17, 15) is 5.26 Å². The van der Waals surface area contributed by atoms with Crippen LogP contribution < -0.4 is 0 Å². The highest BCUT2D eigenvalue weighted by atomic mass is 16.5. The topological polar surface area (TPSA) is 74.6 Å². The smallest absolute Gasteiger partial charge is 0.187 e. The summed E-state index contributed by atoms with van der Waals surface area (Å²) in [5, 5.41) is 18.0. The zero-order valence-corrected chi connectivity index (χ0v) is 11.9. The second-order valence-electron chi connectivity index (χ2n) is 4.42. The molecule has 1 atom stereocenters. The molecule has 5 nitrogen and oxygen atoms in total.